The molecule has 2 aromatic heterocycles. The molecule has 1 N–H and O–H groups in total. The molecule has 0 bridgehead atoms. The van der Waals surface area contributed by atoms with Crippen LogP contribution in [0.1, 0.15) is 53.9 Å². The van der Waals surface area contributed by atoms with Crippen molar-refractivity contribution in [3.8, 4) is 0 Å². The van der Waals surface area contributed by atoms with E-state index in [2.05, 4.69) is 20.5 Å². The van der Waals surface area contributed by atoms with Gasteiger partial charge in [-0.2, -0.15) is 0 Å². The molecule has 0 saturated heterocycles. The topological polar surface area (TPSA) is 116 Å². The predicted molar refractivity (Wildman–Crippen MR) is 116 cm³/mol. The van der Waals surface area contributed by atoms with E-state index < -0.39 is 16.6 Å². The largest absolute Gasteiger partial charge is 0.311 e. The summed E-state index contributed by atoms with van der Waals surface area (Å²) in [5, 5.41) is 21.9. The zero-order valence-electron chi connectivity index (χ0n) is 17.3. The van der Waals surface area contributed by atoms with E-state index in [1.54, 1.807) is 17.8 Å². The van der Waals surface area contributed by atoms with Crippen LogP contribution in [-0.2, 0) is 7.05 Å². The van der Waals surface area contributed by atoms with Gasteiger partial charge < -0.3 is 9.88 Å². The third-order valence-corrected chi connectivity index (χ3v) is 6.59. The van der Waals surface area contributed by atoms with Gasteiger partial charge in [0.05, 0.1) is 10.5 Å². The maximum absolute atomic E-state index is 14.7. The number of nitrogens with zero attached hydrogens (tertiary/aromatic N) is 5. The Kier molecular flexibility index (Phi) is 6.45. The van der Waals surface area contributed by atoms with Gasteiger partial charge in [0, 0.05) is 30.3 Å². The molecule has 0 spiro atoms. The third-order valence-electron chi connectivity index (χ3n) is 5.46. The zero-order valence-corrected chi connectivity index (χ0v) is 18.1. The Balaban J connectivity index is 1.59. The van der Waals surface area contributed by atoms with Crippen molar-refractivity contribution in [2.75, 3.05) is 5.32 Å². The molecule has 32 heavy (non-hydrogen) atoms. The lowest BCUT2D eigenvalue weighted by molar-refractivity contribution is -0.384. The Morgan fingerprint density at radius 3 is 2.72 bits per heavy atom. The lowest BCUT2D eigenvalue weighted by Crippen LogP contribution is -2.16. The molecule has 2 heterocycles. The molecule has 1 aromatic carbocycles. The lowest BCUT2D eigenvalue weighted by Gasteiger charge is -2.21. The van der Waals surface area contributed by atoms with E-state index in [1.165, 1.54) is 30.9 Å². The van der Waals surface area contributed by atoms with Crippen LogP contribution >= 0.6 is 11.8 Å². The van der Waals surface area contributed by atoms with Crippen LogP contribution in [0.15, 0.2) is 46.8 Å². The van der Waals surface area contributed by atoms with Crippen LogP contribution in [0, 0.1) is 15.9 Å². The van der Waals surface area contributed by atoms with Gasteiger partial charge in [0.15, 0.2) is 16.8 Å². The summed E-state index contributed by atoms with van der Waals surface area (Å²) in [4.78, 5) is 28.1. The number of rotatable bonds is 6. The molecule has 1 amide bonds. The van der Waals surface area contributed by atoms with Crippen molar-refractivity contribution in [1.82, 2.24) is 19.7 Å². The highest BCUT2D eigenvalue weighted by Gasteiger charge is 2.22. The van der Waals surface area contributed by atoms with Gasteiger partial charge in [-0.15, -0.1) is 10.2 Å². The standard InChI is InChI=1S/C21H21FN6O3S/c1-27-12-24-26-21(27)32-18-8-7-15(28(30)31)10-16(18)20(29)25-19-17(22)9-14(11-23-19)13-5-3-2-4-6-13/h7-13H,2-6H2,1H3,(H,23,25,29). The van der Waals surface area contributed by atoms with Crippen molar-refractivity contribution >= 4 is 29.2 Å². The second kappa shape index (κ2) is 9.43. The van der Waals surface area contributed by atoms with E-state index in [4.69, 9.17) is 0 Å². The number of hydrogen-bond acceptors (Lipinski definition) is 7. The fourth-order valence-corrected chi connectivity index (χ4v) is 4.61. The number of benzene rings is 1. The highest BCUT2D eigenvalue weighted by atomic mass is 32.2. The normalized spacial score (nSPS) is 14.3. The molecule has 1 saturated carbocycles. The van der Waals surface area contributed by atoms with Gasteiger partial charge in [-0.25, -0.2) is 9.37 Å². The summed E-state index contributed by atoms with van der Waals surface area (Å²) in [6, 6.07) is 5.33. The SMILES string of the molecule is Cn1cnnc1Sc1ccc([N+](=O)[O-])cc1C(=O)Nc1ncc(C2CCCCC2)cc1F. The minimum atomic E-state index is -0.699. The molecular formula is C21H21FN6O3S. The molecule has 11 heteroatoms. The molecule has 1 fully saturated rings. The van der Waals surface area contributed by atoms with Crippen LogP contribution in [0.2, 0.25) is 0 Å². The number of nitro groups is 1. The van der Waals surface area contributed by atoms with Crippen molar-refractivity contribution < 1.29 is 14.1 Å². The van der Waals surface area contributed by atoms with Gasteiger partial charge in [0.1, 0.15) is 6.33 Å². The number of aromatic nitrogens is 4. The Morgan fingerprint density at radius 1 is 1.28 bits per heavy atom. The van der Waals surface area contributed by atoms with Gasteiger partial charge in [0.25, 0.3) is 11.6 Å². The van der Waals surface area contributed by atoms with E-state index in [0.29, 0.717) is 10.1 Å². The Hall–Kier alpha value is -3.34. The summed E-state index contributed by atoms with van der Waals surface area (Å²) >= 11 is 1.12. The lowest BCUT2D eigenvalue weighted by atomic mass is 9.85. The average molecular weight is 457 g/mol. The van der Waals surface area contributed by atoms with Crippen molar-refractivity contribution in [3.63, 3.8) is 0 Å². The Morgan fingerprint density at radius 2 is 2.06 bits per heavy atom. The number of hydrogen-bond donors (Lipinski definition) is 1. The smallest absolute Gasteiger partial charge is 0.270 e. The number of non-ortho nitro benzene ring substituents is 1. The van der Waals surface area contributed by atoms with Crippen LogP contribution in [0.5, 0.6) is 0 Å². The number of carbonyl (C=O) groups excluding carboxylic acids is 1. The van der Waals surface area contributed by atoms with Gasteiger partial charge in [0.2, 0.25) is 0 Å². The number of pyridine rings is 1. The Bertz CT molecular complexity index is 1160. The van der Waals surface area contributed by atoms with E-state index in [-0.39, 0.29) is 23.0 Å². The zero-order chi connectivity index (χ0) is 22.7. The van der Waals surface area contributed by atoms with Crippen LogP contribution < -0.4 is 5.32 Å². The Labute approximate surface area is 187 Å². The molecule has 9 nitrogen and oxygen atoms in total. The van der Waals surface area contributed by atoms with Crippen LogP contribution in [0.4, 0.5) is 15.9 Å². The molecule has 3 aromatic rings. The summed E-state index contributed by atoms with van der Waals surface area (Å²) < 4.78 is 16.4. The van der Waals surface area contributed by atoms with Crippen molar-refractivity contribution in [2.24, 2.45) is 7.05 Å². The third kappa shape index (κ3) is 4.77. The van der Waals surface area contributed by atoms with Gasteiger partial charge >= 0.3 is 0 Å². The summed E-state index contributed by atoms with van der Waals surface area (Å²) in [5.41, 5.74) is 0.595. The maximum Gasteiger partial charge on any atom is 0.270 e. The molecule has 0 aliphatic heterocycles. The summed E-state index contributed by atoms with van der Waals surface area (Å²) in [6.45, 7) is 0. The minimum Gasteiger partial charge on any atom is -0.311 e. The van der Waals surface area contributed by atoms with Crippen molar-refractivity contribution in [2.45, 2.75) is 48.1 Å². The second-order valence-electron chi connectivity index (χ2n) is 7.65. The highest BCUT2D eigenvalue weighted by molar-refractivity contribution is 7.99. The fraction of sp³-hybridized carbons (Fsp3) is 0.333. The molecule has 0 unspecified atom stereocenters. The summed E-state index contributed by atoms with van der Waals surface area (Å²) in [6.07, 6.45) is 8.52. The van der Waals surface area contributed by atoms with Crippen molar-refractivity contribution in [1.29, 1.82) is 0 Å². The fourth-order valence-electron chi connectivity index (χ4n) is 3.74. The van der Waals surface area contributed by atoms with E-state index >= 15 is 0 Å². The average Bonchev–Trinajstić information content (AvgIpc) is 3.20. The number of amides is 1. The van der Waals surface area contributed by atoms with E-state index in [9.17, 15) is 19.3 Å². The summed E-state index contributed by atoms with van der Waals surface area (Å²) in [5.74, 6) is -1.26. The van der Waals surface area contributed by atoms with Crippen LogP contribution in [0.3, 0.4) is 0 Å². The van der Waals surface area contributed by atoms with Gasteiger partial charge in [-0.3, -0.25) is 14.9 Å². The monoisotopic (exact) mass is 456 g/mol. The van der Waals surface area contributed by atoms with Gasteiger partial charge in [-0.1, -0.05) is 19.3 Å². The minimum absolute atomic E-state index is 0.0183. The quantitative estimate of drug-likeness (QED) is 0.422. The molecule has 166 valence electrons. The molecular weight excluding hydrogens is 435 g/mol. The first-order chi connectivity index (χ1) is 15.4. The van der Waals surface area contributed by atoms with E-state index in [0.717, 1.165) is 49.1 Å². The number of carbonyl (C=O) groups is 1. The first-order valence-electron chi connectivity index (χ1n) is 10.2. The first-order valence-corrected chi connectivity index (χ1v) is 11.0. The van der Waals surface area contributed by atoms with E-state index in [1.807, 2.05) is 0 Å². The van der Waals surface area contributed by atoms with Gasteiger partial charge in [-0.05, 0) is 48.2 Å². The van der Waals surface area contributed by atoms with Crippen molar-refractivity contribution in [3.05, 3.63) is 63.8 Å². The number of nitrogens with one attached hydrogen (secondary N) is 1. The first kappa shape index (κ1) is 21.9. The molecule has 1 aliphatic carbocycles. The molecule has 4 rings (SSSR count). The molecule has 0 radical (unpaired) electrons. The second-order valence-corrected chi connectivity index (χ2v) is 8.66. The van der Waals surface area contributed by atoms with Crippen LogP contribution in [0.25, 0.3) is 0 Å². The number of aryl methyl sites for hydroxylation is 1. The molecule has 1 aliphatic rings. The predicted octanol–water partition coefficient (Wildman–Crippen LogP) is 4.71. The highest BCUT2D eigenvalue weighted by Crippen LogP contribution is 2.34. The summed E-state index contributed by atoms with van der Waals surface area (Å²) in [7, 11) is 1.74. The van der Waals surface area contributed by atoms with Crippen LogP contribution in [-0.4, -0.2) is 30.6 Å². The number of halogens is 1. The number of nitro benzene ring substituents is 1. The molecule has 0 atom stereocenters. The maximum atomic E-state index is 14.7. The number of anilines is 1.